The molecule has 134 valence electrons. The molecule has 6 heteroatoms. The number of nitrogens with zero attached hydrogens (tertiary/aromatic N) is 2. The lowest BCUT2D eigenvalue weighted by molar-refractivity contribution is 0.0723. The topological polar surface area (TPSA) is 53.4 Å². The van der Waals surface area contributed by atoms with Crippen LogP contribution in [0.25, 0.3) is 5.69 Å². The molecule has 0 N–H and O–H groups in total. The highest BCUT2D eigenvalue weighted by Gasteiger charge is 2.16. The zero-order valence-electron chi connectivity index (χ0n) is 14.6. The Bertz CT molecular complexity index is 904. The first kappa shape index (κ1) is 17.7. The molecule has 0 bridgehead atoms. The third-order valence-corrected chi connectivity index (χ3v) is 3.81. The van der Waals surface area contributed by atoms with Crippen LogP contribution in [0.5, 0.6) is 11.6 Å². The molecule has 0 saturated carbocycles. The molecule has 1 heterocycles. The van der Waals surface area contributed by atoms with Crippen molar-refractivity contribution in [2.75, 3.05) is 7.11 Å². The number of benzene rings is 2. The number of methoxy groups -OCH3 is 1. The van der Waals surface area contributed by atoms with E-state index in [2.05, 4.69) is 5.10 Å². The quantitative estimate of drug-likeness (QED) is 0.623. The van der Waals surface area contributed by atoms with Crippen LogP contribution in [0.2, 0.25) is 0 Å². The van der Waals surface area contributed by atoms with Crippen molar-refractivity contribution in [1.82, 2.24) is 9.78 Å². The molecule has 3 aromatic rings. The fourth-order valence-electron chi connectivity index (χ4n) is 2.54. The monoisotopic (exact) mass is 354 g/mol. The largest absolute Gasteiger partial charge is 0.497 e. The van der Waals surface area contributed by atoms with Crippen LogP contribution in [0.4, 0.5) is 4.39 Å². The van der Waals surface area contributed by atoms with Crippen LogP contribution in [0.15, 0.2) is 54.6 Å². The van der Waals surface area contributed by atoms with E-state index in [1.165, 1.54) is 16.8 Å². The predicted molar refractivity (Wildman–Crippen MR) is 95.5 cm³/mol. The van der Waals surface area contributed by atoms with Crippen LogP contribution in [-0.4, -0.2) is 22.9 Å². The number of esters is 1. The molecule has 0 unspecified atom stereocenters. The van der Waals surface area contributed by atoms with Gasteiger partial charge in [-0.25, -0.2) is 13.9 Å². The Morgan fingerprint density at radius 3 is 2.58 bits per heavy atom. The van der Waals surface area contributed by atoms with E-state index in [4.69, 9.17) is 9.47 Å². The van der Waals surface area contributed by atoms with Gasteiger partial charge in [-0.3, -0.25) is 0 Å². The van der Waals surface area contributed by atoms with Crippen LogP contribution >= 0.6 is 0 Å². The van der Waals surface area contributed by atoms with Crippen molar-refractivity contribution in [3.05, 3.63) is 71.7 Å². The van der Waals surface area contributed by atoms with Crippen LogP contribution in [-0.2, 0) is 6.42 Å². The minimum atomic E-state index is -0.520. The number of aryl methyl sites for hydroxylation is 1. The molecule has 3 rings (SSSR count). The van der Waals surface area contributed by atoms with Gasteiger partial charge in [-0.1, -0.05) is 19.4 Å². The molecule has 0 saturated heterocycles. The van der Waals surface area contributed by atoms with Crippen molar-refractivity contribution in [3.63, 3.8) is 0 Å². The Morgan fingerprint density at radius 2 is 1.92 bits per heavy atom. The number of ether oxygens (including phenoxy) is 2. The van der Waals surface area contributed by atoms with E-state index >= 15 is 0 Å². The summed E-state index contributed by atoms with van der Waals surface area (Å²) in [5, 5.41) is 4.44. The van der Waals surface area contributed by atoms with E-state index in [1.54, 1.807) is 49.6 Å². The Morgan fingerprint density at radius 1 is 1.15 bits per heavy atom. The highest BCUT2D eigenvalue weighted by atomic mass is 19.1. The number of carbonyl (C=O) groups excluding carboxylic acids is 1. The Labute approximate surface area is 151 Å². The van der Waals surface area contributed by atoms with Gasteiger partial charge in [0.15, 0.2) is 0 Å². The molecule has 0 atom stereocenters. The number of halogens is 1. The summed E-state index contributed by atoms with van der Waals surface area (Å²) in [6.07, 6.45) is 1.63. The normalized spacial score (nSPS) is 10.6. The SMILES string of the molecule is CCCc1cc(OC(=O)c2ccc(OC)cc2)n(-c2cccc(F)c2)n1. The first-order chi connectivity index (χ1) is 12.6. The van der Waals surface area contributed by atoms with Crippen molar-refractivity contribution >= 4 is 5.97 Å². The summed E-state index contributed by atoms with van der Waals surface area (Å²) in [6, 6.07) is 14.3. The van der Waals surface area contributed by atoms with Crippen molar-refractivity contribution < 1.29 is 18.7 Å². The average molecular weight is 354 g/mol. The van der Waals surface area contributed by atoms with Gasteiger partial charge < -0.3 is 9.47 Å². The molecule has 5 nitrogen and oxygen atoms in total. The Balaban J connectivity index is 1.91. The summed E-state index contributed by atoms with van der Waals surface area (Å²) in [5.74, 6) is -0.00724. The first-order valence-corrected chi connectivity index (χ1v) is 8.32. The number of aromatic nitrogens is 2. The van der Waals surface area contributed by atoms with E-state index in [0.29, 0.717) is 17.0 Å². The molecule has 0 aliphatic carbocycles. The van der Waals surface area contributed by atoms with Gasteiger partial charge in [0.1, 0.15) is 11.6 Å². The van der Waals surface area contributed by atoms with Gasteiger partial charge in [0.25, 0.3) is 0 Å². The van der Waals surface area contributed by atoms with Crippen LogP contribution in [0.3, 0.4) is 0 Å². The van der Waals surface area contributed by atoms with Crippen molar-refractivity contribution in [1.29, 1.82) is 0 Å². The smallest absolute Gasteiger partial charge is 0.344 e. The van der Waals surface area contributed by atoms with Gasteiger partial charge in [0.2, 0.25) is 5.88 Å². The molecule has 2 aromatic carbocycles. The standard InChI is InChI=1S/C20H19FN2O3/c1-3-5-16-13-19(23(22-16)17-7-4-6-15(21)12-17)26-20(24)14-8-10-18(25-2)11-9-14/h4,6-13H,3,5H2,1-2H3. The molecule has 1 aromatic heterocycles. The lowest BCUT2D eigenvalue weighted by Gasteiger charge is -2.08. The first-order valence-electron chi connectivity index (χ1n) is 8.32. The van der Waals surface area contributed by atoms with E-state index in [9.17, 15) is 9.18 Å². The number of carbonyl (C=O) groups is 1. The summed E-state index contributed by atoms with van der Waals surface area (Å²) < 4.78 is 25.6. The molecule has 0 spiro atoms. The second-order valence-corrected chi connectivity index (χ2v) is 5.73. The summed E-state index contributed by atoms with van der Waals surface area (Å²) >= 11 is 0. The fraction of sp³-hybridized carbons (Fsp3) is 0.200. The maximum atomic E-state index is 13.6. The summed E-state index contributed by atoms with van der Waals surface area (Å²) in [4.78, 5) is 12.5. The maximum absolute atomic E-state index is 13.6. The van der Waals surface area contributed by atoms with Crippen LogP contribution in [0, 0.1) is 5.82 Å². The fourth-order valence-corrected chi connectivity index (χ4v) is 2.54. The molecule has 26 heavy (non-hydrogen) atoms. The minimum absolute atomic E-state index is 0.250. The predicted octanol–water partition coefficient (Wildman–Crippen LogP) is 4.19. The second-order valence-electron chi connectivity index (χ2n) is 5.73. The zero-order valence-corrected chi connectivity index (χ0v) is 14.6. The van der Waals surface area contributed by atoms with Crippen molar-refractivity contribution in [3.8, 4) is 17.3 Å². The highest BCUT2D eigenvalue weighted by molar-refractivity contribution is 5.91. The highest BCUT2D eigenvalue weighted by Crippen LogP contribution is 2.22. The van der Waals surface area contributed by atoms with E-state index in [-0.39, 0.29) is 11.7 Å². The van der Waals surface area contributed by atoms with Gasteiger partial charge in [-0.15, -0.1) is 0 Å². The van der Waals surface area contributed by atoms with Crippen molar-refractivity contribution in [2.24, 2.45) is 0 Å². The van der Waals surface area contributed by atoms with Gasteiger partial charge in [-0.2, -0.15) is 5.10 Å². The Kier molecular flexibility index (Phi) is 5.31. The van der Waals surface area contributed by atoms with Crippen molar-refractivity contribution in [2.45, 2.75) is 19.8 Å². The second kappa shape index (κ2) is 7.82. The molecular weight excluding hydrogens is 335 g/mol. The van der Waals surface area contributed by atoms with E-state index in [1.807, 2.05) is 6.92 Å². The third-order valence-electron chi connectivity index (χ3n) is 3.81. The number of hydrogen-bond donors (Lipinski definition) is 0. The van der Waals surface area contributed by atoms with Gasteiger partial charge in [0, 0.05) is 6.07 Å². The average Bonchev–Trinajstić information content (AvgIpc) is 3.04. The van der Waals surface area contributed by atoms with Gasteiger partial charge in [0.05, 0.1) is 24.1 Å². The molecule has 0 aliphatic rings. The minimum Gasteiger partial charge on any atom is -0.497 e. The number of hydrogen-bond acceptors (Lipinski definition) is 4. The Hall–Kier alpha value is -3.15. The van der Waals surface area contributed by atoms with E-state index < -0.39 is 5.97 Å². The van der Waals surface area contributed by atoms with E-state index in [0.717, 1.165) is 18.5 Å². The number of rotatable bonds is 6. The molecule has 0 aliphatic heterocycles. The van der Waals surface area contributed by atoms with Gasteiger partial charge in [-0.05, 0) is 48.9 Å². The third kappa shape index (κ3) is 3.91. The molecule has 0 radical (unpaired) electrons. The zero-order chi connectivity index (χ0) is 18.5. The maximum Gasteiger partial charge on any atom is 0.344 e. The van der Waals surface area contributed by atoms with Gasteiger partial charge >= 0.3 is 5.97 Å². The lowest BCUT2D eigenvalue weighted by atomic mass is 10.2. The van der Waals surface area contributed by atoms with Crippen LogP contribution < -0.4 is 9.47 Å². The molecule has 0 amide bonds. The molecule has 0 fully saturated rings. The van der Waals surface area contributed by atoms with Crippen LogP contribution in [0.1, 0.15) is 29.4 Å². The summed E-state index contributed by atoms with van der Waals surface area (Å²) in [6.45, 7) is 2.03. The summed E-state index contributed by atoms with van der Waals surface area (Å²) in [5.41, 5.74) is 1.65. The summed E-state index contributed by atoms with van der Waals surface area (Å²) in [7, 11) is 1.56. The lowest BCUT2D eigenvalue weighted by Crippen LogP contribution is -2.11. The molecular formula is C20H19FN2O3.